The number of anilines is 1. The number of fused-ring (bicyclic) bond motifs is 1. The first-order valence-electron chi connectivity index (χ1n) is 10.9. The lowest BCUT2D eigenvalue weighted by atomic mass is 10.1. The molecule has 1 atom stereocenters. The summed E-state index contributed by atoms with van der Waals surface area (Å²) >= 11 is -1.72. The van der Waals surface area contributed by atoms with Gasteiger partial charge >= 0.3 is 11.2 Å². The SMILES string of the molecule is [CH2]CN(C(=O)n1c([S+]([O-])Cc2ncc(C)c(OC)c2C)nc2ccc(OC)nc21)c1ccccc1. The molecule has 1 amide bonds. The maximum atomic E-state index is 13.8. The van der Waals surface area contributed by atoms with Crippen LogP contribution in [0.25, 0.3) is 11.2 Å². The van der Waals surface area contributed by atoms with Crippen LogP contribution in [0, 0.1) is 20.8 Å². The number of hydrogen-bond acceptors (Lipinski definition) is 7. The van der Waals surface area contributed by atoms with E-state index in [-0.39, 0.29) is 23.1 Å². The van der Waals surface area contributed by atoms with Gasteiger partial charge in [-0.15, -0.1) is 0 Å². The smallest absolute Gasteiger partial charge is 0.339 e. The third kappa shape index (κ3) is 4.67. The van der Waals surface area contributed by atoms with Crippen molar-refractivity contribution in [1.29, 1.82) is 0 Å². The standard InChI is InChI=1S/C25H26N5O4S/c1-6-29(18-10-8-7-9-11-18)25(31)30-23-19(12-13-21(28-23)33-4)27-24(30)35(32)15-20-17(3)22(34-5)16(2)14-26-20/h7-14H,1,6,15H2,2-5H3. The normalized spacial score (nSPS) is 11.9. The fraction of sp³-hybridized carbons (Fsp3) is 0.240. The molecule has 181 valence electrons. The third-order valence-corrected chi connectivity index (χ3v) is 6.81. The van der Waals surface area contributed by atoms with Crippen molar-refractivity contribution >= 4 is 34.1 Å². The van der Waals surface area contributed by atoms with Gasteiger partial charge in [-0.25, -0.2) is 4.79 Å². The monoisotopic (exact) mass is 492 g/mol. The van der Waals surface area contributed by atoms with E-state index in [9.17, 15) is 9.35 Å². The van der Waals surface area contributed by atoms with E-state index in [0.29, 0.717) is 28.5 Å². The van der Waals surface area contributed by atoms with Crippen molar-refractivity contribution in [2.75, 3.05) is 25.7 Å². The molecule has 3 aromatic heterocycles. The second-order valence-corrected chi connectivity index (χ2v) is 9.08. The summed E-state index contributed by atoms with van der Waals surface area (Å²) in [5.74, 6) is 1.05. The molecule has 3 heterocycles. The number of para-hydroxylation sites is 1. The summed E-state index contributed by atoms with van der Waals surface area (Å²) in [5.41, 5.74) is 3.59. The molecular formula is C25H26N5O4S. The van der Waals surface area contributed by atoms with E-state index in [4.69, 9.17) is 9.47 Å². The topological polar surface area (TPSA) is 105 Å². The van der Waals surface area contributed by atoms with E-state index in [1.165, 1.54) is 16.6 Å². The molecule has 35 heavy (non-hydrogen) atoms. The van der Waals surface area contributed by atoms with E-state index < -0.39 is 17.2 Å². The van der Waals surface area contributed by atoms with Crippen LogP contribution in [0.4, 0.5) is 10.5 Å². The van der Waals surface area contributed by atoms with Gasteiger partial charge < -0.3 is 14.0 Å². The zero-order valence-electron chi connectivity index (χ0n) is 20.0. The van der Waals surface area contributed by atoms with Crippen molar-refractivity contribution in [1.82, 2.24) is 19.5 Å². The Labute approximate surface area is 206 Å². The van der Waals surface area contributed by atoms with Crippen LogP contribution in [0.3, 0.4) is 0 Å². The zero-order valence-corrected chi connectivity index (χ0v) is 20.8. The average molecular weight is 493 g/mol. The number of nitrogens with zero attached hydrogens (tertiary/aromatic N) is 5. The van der Waals surface area contributed by atoms with Crippen LogP contribution in [0.15, 0.2) is 53.8 Å². The summed E-state index contributed by atoms with van der Waals surface area (Å²) in [4.78, 5) is 28.7. The van der Waals surface area contributed by atoms with E-state index >= 15 is 0 Å². The van der Waals surface area contributed by atoms with Gasteiger partial charge in [-0.1, -0.05) is 18.2 Å². The number of imidazole rings is 1. The summed E-state index contributed by atoms with van der Waals surface area (Å²) in [6.07, 6.45) is 1.68. The van der Waals surface area contributed by atoms with Gasteiger partial charge in [0.15, 0.2) is 11.4 Å². The van der Waals surface area contributed by atoms with Crippen LogP contribution < -0.4 is 14.4 Å². The number of aromatic nitrogens is 4. The first-order valence-corrected chi connectivity index (χ1v) is 12.2. The first-order chi connectivity index (χ1) is 16.9. The van der Waals surface area contributed by atoms with Crippen molar-refractivity contribution in [3.63, 3.8) is 0 Å². The lowest BCUT2D eigenvalue weighted by Gasteiger charge is -2.22. The zero-order chi connectivity index (χ0) is 25.1. The van der Waals surface area contributed by atoms with Gasteiger partial charge in [0, 0.05) is 46.8 Å². The Morgan fingerprint density at radius 3 is 2.51 bits per heavy atom. The van der Waals surface area contributed by atoms with Gasteiger partial charge in [0.2, 0.25) is 5.88 Å². The Morgan fingerprint density at radius 1 is 1.11 bits per heavy atom. The van der Waals surface area contributed by atoms with E-state index in [2.05, 4.69) is 21.9 Å². The molecule has 9 nitrogen and oxygen atoms in total. The number of carbonyl (C=O) groups excluding carboxylic acids is 1. The number of pyridine rings is 2. The molecule has 0 aliphatic carbocycles. The van der Waals surface area contributed by atoms with Crippen molar-refractivity contribution in [2.45, 2.75) is 24.8 Å². The highest BCUT2D eigenvalue weighted by molar-refractivity contribution is 7.90. The number of rotatable bonds is 7. The number of amides is 1. The number of methoxy groups -OCH3 is 2. The highest BCUT2D eigenvalue weighted by Gasteiger charge is 2.31. The summed E-state index contributed by atoms with van der Waals surface area (Å²) in [6.45, 7) is 7.83. The van der Waals surface area contributed by atoms with Crippen molar-refractivity contribution in [3.8, 4) is 11.6 Å². The van der Waals surface area contributed by atoms with Crippen LogP contribution in [0.5, 0.6) is 11.6 Å². The molecule has 1 aromatic carbocycles. The minimum atomic E-state index is -1.72. The Kier molecular flexibility index (Phi) is 7.23. The Morgan fingerprint density at radius 2 is 1.86 bits per heavy atom. The van der Waals surface area contributed by atoms with Gasteiger partial charge in [0.25, 0.3) is 0 Å². The minimum absolute atomic E-state index is 0.0475. The lowest BCUT2D eigenvalue weighted by Crippen LogP contribution is -2.36. The van der Waals surface area contributed by atoms with E-state index in [1.54, 1.807) is 37.6 Å². The largest absolute Gasteiger partial charge is 0.609 e. The fourth-order valence-corrected chi connectivity index (χ4v) is 5.06. The molecule has 0 spiro atoms. The van der Waals surface area contributed by atoms with Crippen LogP contribution in [-0.4, -0.2) is 50.9 Å². The summed E-state index contributed by atoms with van der Waals surface area (Å²) in [5, 5.41) is 0.0703. The molecular weight excluding hydrogens is 466 g/mol. The van der Waals surface area contributed by atoms with E-state index in [1.807, 2.05) is 32.0 Å². The maximum absolute atomic E-state index is 13.8. The summed E-state index contributed by atoms with van der Waals surface area (Å²) < 4.78 is 25.7. The number of carbonyl (C=O) groups is 1. The molecule has 0 fully saturated rings. The maximum Gasteiger partial charge on any atom is 0.339 e. The molecule has 0 N–H and O–H groups in total. The Balaban J connectivity index is 1.82. The summed E-state index contributed by atoms with van der Waals surface area (Å²) in [7, 11) is 3.07. The molecule has 4 aromatic rings. The molecule has 1 unspecified atom stereocenters. The fourth-order valence-electron chi connectivity index (χ4n) is 3.83. The van der Waals surface area contributed by atoms with Crippen molar-refractivity contribution in [3.05, 3.63) is 72.4 Å². The van der Waals surface area contributed by atoms with Gasteiger partial charge in [-0.05, 0) is 39.0 Å². The molecule has 10 heteroatoms. The lowest BCUT2D eigenvalue weighted by molar-refractivity contribution is 0.247. The Hall–Kier alpha value is -3.63. The second kappa shape index (κ2) is 10.3. The number of benzene rings is 1. The number of hydrogen-bond donors (Lipinski definition) is 0. The molecule has 0 bridgehead atoms. The van der Waals surface area contributed by atoms with Gasteiger partial charge in [-0.2, -0.15) is 14.5 Å². The molecule has 0 aliphatic heterocycles. The van der Waals surface area contributed by atoms with Crippen LogP contribution in [0.2, 0.25) is 0 Å². The molecule has 1 radical (unpaired) electrons. The minimum Gasteiger partial charge on any atom is -0.609 e. The predicted molar refractivity (Wildman–Crippen MR) is 134 cm³/mol. The Bertz CT molecular complexity index is 1360. The van der Waals surface area contributed by atoms with Crippen LogP contribution in [0.1, 0.15) is 16.8 Å². The van der Waals surface area contributed by atoms with Gasteiger partial charge in [0.1, 0.15) is 11.3 Å². The molecule has 0 saturated heterocycles. The molecule has 4 rings (SSSR count). The van der Waals surface area contributed by atoms with Crippen molar-refractivity contribution < 1.29 is 18.8 Å². The van der Waals surface area contributed by atoms with Crippen LogP contribution in [-0.2, 0) is 16.9 Å². The first kappa shape index (κ1) is 24.5. The molecule has 0 aliphatic rings. The third-order valence-electron chi connectivity index (χ3n) is 5.59. The van der Waals surface area contributed by atoms with Gasteiger partial charge in [-0.3, -0.25) is 9.88 Å². The number of aryl methyl sites for hydroxylation is 1. The van der Waals surface area contributed by atoms with E-state index in [0.717, 1.165) is 11.1 Å². The van der Waals surface area contributed by atoms with Gasteiger partial charge in [0.05, 0.1) is 19.9 Å². The average Bonchev–Trinajstić information content (AvgIpc) is 3.26. The quantitative estimate of drug-likeness (QED) is 0.358. The predicted octanol–water partition coefficient (Wildman–Crippen LogP) is 4.08. The van der Waals surface area contributed by atoms with Crippen LogP contribution >= 0.6 is 0 Å². The second-order valence-electron chi connectivity index (χ2n) is 7.73. The summed E-state index contributed by atoms with van der Waals surface area (Å²) in [6, 6.07) is 12.0. The highest BCUT2D eigenvalue weighted by Crippen LogP contribution is 2.29. The van der Waals surface area contributed by atoms with Crippen molar-refractivity contribution in [2.24, 2.45) is 0 Å². The highest BCUT2D eigenvalue weighted by atomic mass is 32.2. The molecule has 0 saturated carbocycles. The number of ether oxygens (including phenoxy) is 2.